The number of pyridine rings is 1. The van der Waals surface area contributed by atoms with Crippen molar-refractivity contribution in [1.82, 2.24) is 9.97 Å². The van der Waals surface area contributed by atoms with Crippen LogP contribution in [0.1, 0.15) is 17.4 Å². The lowest BCUT2D eigenvalue weighted by molar-refractivity contribution is -0.0773. The lowest BCUT2D eigenvalue weighted by Gasteiger charge is -2.12. The lowest BCUT2D eigenvalue weighted by atomic mass is 10.0. The van der Waals surface area contributed by atoms with Crippen molar-refractivity contribution in [3.8, 4) is 11.3 Å². The Morgan fingerprint density at radius 2 is 2.13 bits per heavy atom. The van der Waals surface area contributed by atoms with Crippen LogP contribution >= 0.6 is 11.3 Å². The molecule has 0 fully saturated rings. The van der Waals surface area contributed by atoms with Gasteiger partial charge in [0.15, 0.2) is 11.4 Å². The molecule has 6 heteroatoms. The van der Waals surface area contributed by atoms with Crippen molar-refractivity contribution < 1.29 is 9.84 Å². The monoisotopic (exact) mass is 327 g/mol. The van der Waals surface area contributed by atoms with E-state index in [2.05, 4.69) is 15.3 Å². The van der Waals surface area contributed by atoms with Gasteiger partial charge in [-0.3, -0.25) is 0 Å². The van der Waals surface area contributed by atoms with Gasteiger partial charge >= 0.3 is 0 Å². The number of nitrogens with one attached hydrogen (secondary N) is 1. The summed E-state index contributed by atoms with van der Waals surface area (Å²) in [5.74, 6) is 0.767. The number of anilines is 2. The number of nitrogens with zero attached hydrogens (tertiary/aromatic N) is 2. The van der Waals surface area contributed by atoms with Crippen LogP contribution in [0.3, 0.4) is 0 Å². The Hall–Kier alpha value is -2.28. The third kappa shape index (κ3) is 3.56. The smallest absolute Gasteiger partial charge is 0.188 e. The molecule has 2 heterocycles. The molecule has 1 atom stereocenters. The van der Waals surface area contributed by atoms with E-state index in [1.165, 1.54) is 18.4 Å². The van der Waals surface area contributed by atoms with Crippen LogP contribution in [-0.4, -0.2) is 22.2 Å². The number of benzene rings is 1. The number of ether oxygens (including phenoxy) is 1. The van der Waals surface area contributed by atoms with Crippen molar-refractivity contribution >= 4 is 22.3 Å². The quantitative estimate of drug-likeness (QED) is 0.696. The van der Waals surface area contributed by atoms with Gasteiger partial charge in [-0.25, -0.2) is 9.97 Å². The average molecular weight is 327 g/mol. The summed E-state index contributed by atoms with van der Waals surface area (Å²) in [5, 5.41) is 15.8. The zero-order valence-corrected chi connectivity index (χ0v) is 13.7. The molecule has 2 aromatic heterocycles. The number of aryl methyl sites for hydroxylation is 1. The summed E-state index contributed by atoms with van der Waals surface area (Å²) < 4.78 is 4.96. The molecular formula is C17H17N3O2S. The second kappa shape index (κ2) is 6.87. The Bertz CT molecular complexity index is 790. The minimum Gasteiger partial charge on any atom is -0.364 e. The fraction of sp³-hybridized carbons (Fsp3) is 0.176. The SMILES string of the molecule is COC(O)c1ccc(-c2csc(Nc3ccccn3)n2)cc1C. The predicted octanol–water partition coefficient (Wildman–Crippen LogP) is 3.89. The van der Waals surface area contributed by atoms with Crippen LogP contribution in [0.5, 0.6) is 0 Å². The van der Waals surface area contributed by atoms with Gasteiger partial charge < -0.3 is 15.2 Å². The second-order valence-corrected chi connectivity index (χ2v) is 5.90. The highest BCUT2D eigenvalue weighted by atomic mass is 32.1. The molecule has 0 saturated carbocycles. The molecule has 1 unspecified atom stereocenters. The van der Waals surface area contributed by atoms with Gasteiger partial charge in [-0.1, -0.05) is 18.2 Å². The molecular weight excluding hydrogens is 310 g/mol. The van der Waals surface area contributed by atoms with Gasteiger partial charge in [0.25, 0.3) is 0 Å². The summed E-state index contributed by atoms with van der Waals surface area (Å²) >= 11 is 1.52. The highest BCUT2D eigenvalue weighted by Gasteiger charge is 2.11. The largest absolute Gasteiger partial charge is 0.364 e. The van der Waals surface area contributed by atoms with Gasteiger partial charge in [0.2, 0.25) is 0 Å². The topological polar surface area (TPSA) is 67.3 Å². The normalized spacial score (nSPS) is 12.1. The van der Waals surface area contributed by atoms with E-state index < -0.39 is 6.29 Å². The molecule has 0 aliphatic rings. The Kier molecular flexibility index (Phi) is 4.66. The van der Waals surface area contributed by atoms with Gasteiger partial charge in [0.1, 0.15) is 5.82 Å². The first-order chi connectivity index (χ1) is 11.2. The average Bonchev–Trinajstić information content (AvgIpc) is 3.03. The number of hydrogen-bond donors (Lipinski definition) is 2. The van der Waals surface area contributed by atoms with Gasteiger partial charge in [-0.15, -0.1) is 11.3 Å². The number of aliphatic hydroxyl groups excluding tert-OH is 1. The molecule has 0 amide bonds. The summed E-state index contributed by atoms with van der Waals surface area (Å²) in [6, 6.07) is 11.5. The van der Waals surface area contributed by atoms with E-state index in [0.717, 1.165) is 33.3 Å². The molecule has 23 heavy (non-hydrogen) atoms. The van der Waals surface area contributed by atoms with E-state index in [9.17, 15) is 5.11 Å². The summed E-state index contributed by atoms with van der Waals surface area (Å²) in [6.07, 6.45) is 0.834. The lowest BCUT2D eigenvalue weighted by Crippen LogP contribution is -2.01. The fourth-order valence-corrected chi connectivity index (χ4v) is 2.98. The number of methoxy groups -OCH3 is 1. The van der Waals surface area contributed by atoms with Crippen molar-refractivity contribution in [2.45, 2.75) is 13.2 Å². The maximum Gasteiger partial charge on any atom is 0.188 e. The summed E-state index contributed by atoms with van der Waals surface area (Å²) in [7, 11) is 1.48. The molecule has 2 N–H and O–H groups in total. The highest BCUT2D eigenvalue weighted by molar-refractivity contribution is 7.14. The van der Waals surface area contributed by atoms with E-state index >= 15 is 0 Å². The first-order valence-corrected chi connectivity index (χ1v) is 8.00. The number of rotatable bonds is 5. The number of hydrogen-bond acceptors (Lipinski definition) is 6. The van der Waals surface area contributed by atoms with E-state index in [4.69, 9.17) is 4.74 Å². The maximum atomic E-state index is 9.79. The molecule has 0 aliphatic carbocycles. The molecule has 0 saturated heterocycles. The molecule has 0 spiro atoms. The van der Waals surface area contributed by atoms with Crippen molar-refractivity contribution in [2.75, 3.05) is 12.4 Å². The van der Waals surface area contributed by atoms with Crippen molar-refractivity contribution in [2.24, 2.45) is 0 Å². The van der Waals surface area contributed by atoms with Gasteiger partial charge in [0.05, 0.1) is 5.69 Å². The molecule has 5 nitrogen and oxygen atoms in total. The standard InChI is InChI=1S/C17H17N3O2S/c1-11-9-12(6-7-13(11)16(21)22-2)14-10-23-17(19-14)20-15-5-3-4-8-18-15/h3-10,16,21H,1-2H3,(H,18,19,20). The van der Waals surface area contributed by atoms with E-state index in [1.807, 2.05) is 48.7 Å². The number of aliphatic hydroxyl groups is 1. The Morgan fingerprint density at radius 1 is 1.26 bits per heavy atom. The summed E-state index contributed by atoms with van der Waals surface area (Å²) in [4.78, 5) is 8.81. The molecule has 3 rings (SSSR count). The molecule has 3 aromatic rings. The minimum atomic E-state index is -0.902. The zero-order chi connectivity index (χ0) is 16.2. The first-order valence-electron chi connectivity index (χ1n) is 7.13. The number of thiazole rings is 1. The molecule has 0 aliphatic heterocycles. The van der Waals surface area contributed by atoms with Crippen molar-refractivity contribution in [3.63, 3.8) is 0 Å². The van der Waals surface area contributed by atoms with Crippen LogP contribution in [0.4, 0.5) is 10.9 Å². The van der Waals surface area contributed by atoms with Crippen molar-refractivity contribution in [1.29, 1.82) is 0 Å². The second-order valence-electron chi connectivity index (χ2n) is 5.04. The Labute approximate surface area is 138 Å². The Morgan fingerprint density at radius 3 is 2.83 bits per heavy atom. The third-order valence-corrected chi connectivity index (χ3v) is 4.22. The van der Waals surface area contributed by atoms with Crippen LogP contribution in [0.15, 0.2) is 48.0 Å². The maximum absolute atomic E-state index is 9.79. The van der Waals surface area contributed by atoms with Crippen LogP contribution < -0.4 is 5.32 Å². The van der Waals surface area contributed by atoms with Crippen LogP contribution in [0.25, 0.3) is 11.3 Å². The van der Waals surface area contributed by atoms with Gasteiger partial charge in [-0.05, 0) is 30.7 Å². The van der Waals surface area contributed by atoms with Crippen LogP contribution in [0.2, 0.25) is 0 Å². The molecule has 0 bridgehead atoms. The minimum absolute atomic E-state index is 0.762. The van der Waals surface area contributed by atoms with E-state index in [1.54, 1.807) is 6.20 Å². The fourth-order valence-electron chi connectivity index (χ4n) is 2.25. The van der Waals surface area contributed by atoms with Crippen LogP contribution in [0, 0.1) is 6.92 Å². The summed E-state index contributed by atoms with van der Waals surface area (Å²) in [5.41, 5.74) is 3.61. The van der Waals surface area contributed by atoms with Crippen LogP contribution in [-0.2, 0) is 4.74 Å². The zero-order valence-electron chi connectivity index (χ0n) is 12.9. The van der Waals surface area contributed by atoms with Gasteiger partial charge in [-0.2, -0.15) is 0 Å². The van der Waals surface area contributed by atoms with E-state index in [0.29, 0.717) is 0 Å². The number of aromatic nitrogens is 2. The van der Waals surface area contributed by atoms with Crippen molar-refractivity contribution in [3.05, 3.63) is 59.1 Å². The third-order valence-electron chi connectivity index (χ3n) is 3.46. The predicted molar refractivity (Wildman–Crippen MR) is 91.8 cm³/mol. The first kappa shape index (κ1) is 15.6. The highest BCUT2D eigenvalue weighted by Crippen LogP contribution is 2.29. The summed E-state index contributed by atoms with van der Waals surface area (Å²) in [6.45, 7) is 1.94. The molecule has 118 valence electrons. The Balaban J connectivity index is 1.81. The molecule has 0 radical (unpaired) electrons. The molecule has 1 aromatic carbocycles. The van der Waals surface area contributed by atoms with E-state index in [-0.39, 0.29) is 0 Å². The van der Waals surface area contributed by atoms with Gasteiger partial charge in [0, 0.05) is 29.8 Å².